The summed E-state index contributed by atoms with van der Waals surface area (Å²) in [5.74, 6) is 0. The van der Waals surface area contributed by atoms with Crippen molar-refractivity contribution in [1.82, 2.24) is 5.32 Å². The lowest BCUT2D eigenvalue weighted by atomic mass is 9.92. The van der Waals surface area contributed by atoms with Crippen molar-refractivity contribution in [3.63, 3.8) is 0 Å². The first-order valence-electron chi connectivity index (χ1n) is 4.60. The highest BCUT2D eigenvalue weighted by Gasteiger charge is 2.23. The molecule has 0 aromatic heterocycles. The number of hydrogen-bond donors (Lipinski definition) is 0. The number of benzene rings is 1. The molecule has 13 heavy (non-hydrogen) atoms. The summed E-state index contributed by atoms with van der Waals surface area (Å²) in [6.45, 7) is 6.57. The molecule has 1 aromatic rings. The molecule has 1 radical (unpaired) electrons. The van der Waals surface area contributed by atoms with E-state index in [9.17, 15) is 0 Å². The van der Waals surface area contributed by atoms with Gasteiger partial charge in [-0.1, -0.05) is 39.0 Å². The molecule has 1 heterocycles. The van der Waals surface area contributed by atoms with E-state index in [2.05, 4.69) is 50.4 Å². The fourth-order valence-electron chi connectivity index (χ4n) is 1.40. The first-order chi connectivity index (χ1) is 6.07. The van der Waals surface area contributed by atoms with Crippen LogP contribution < -0.4 is 5.32 Å². The van der Waals surface area contributed by atoms with Crippen molar-refractivity contribution in [3.05, 3.63) is 35.5 Å². The Labute approximate surface area is 79.5 Å². The summed E-state index contributed by atoms with van der Waals surface area (Å²) >= 11 is 0. The second-order valence-corrected chi connectivity index (χ2v) is 4.45. The van der Waals surface area contributed by atoms with Crippen molar-refractivity contribution < 1.29 is 0 Å². The molecule has 1 aliphatic heterocycles. The molecule has 0 fully saturated rings. The summed E-state index contributed by atoms with van der Waals surface area (Å²) in [6, 6.07) is 8.25. The van der Waals surface area contributed by atoms with E-state index in [1.807, 2.05) is 6.07 Å². The minimum Gasteiger partial charge on any atom is -0.252 e. The Morgan fingerprint density at radius 2 is 1.77 bits per heavy atom. The van der Waals surface area contributed by atoms with E-state index in [0.29, 0.717) is 0 Å². The average molecular weight is 172 g/mol. The predicted molar refractivity (Wildman–Crippen MR) is 55.7 cm³/mol. The van der Waals surface area contributed by atoms with Gasteiger partial charge < -0.3 is 0 Å². The monoisotopic (exact) mass is 172 g/mol. The maximum absolute atomic E-state index is 4.58. The average Bonchev–Trinajstić information content (AvgIpc) is 2.45. The maximum atomic E-state index is 4.58. The highest BCUT2D eigenvalue weighted by atomic mass is 14.9. The number of nitrogens with zero attached hydrogens (tertiary/aromatic N) is 1. The van der Waals surface area contributed by atoms with Crippen LogP contribution in [0.2, 0.25) is 0 Å². The van der Waals surface area contributed by atoms with Gasteiger partial charge in [0.1, 0.15) is 0 Å². The van der Waals surface area contributed by atoms with Gasteiger partial charge in [-0.15, -0.1) is 0 Å². The molecule has 0 saturated heterocycles. The third-order valence-corrected chi connectivity index (χ3v) is 2.24. The fourth-order valence-corrected chi connectivity index (χ4v) is 1.40. The highest BCUT2D eigenvalue weighted by molar-refractivity contribution is 5.72. The van der Waals surface area contributed by atoms with Crippen LogP contribution in [0.4, 0.5) is 5.69 Å². The molecule has 0 atom stereocenters. The van der Waals surface area contributed by atoms with Crippen LogP contribution in [0.5, 0.6) is 0 Å². The van der Waals surface area contributed by atoms with Gasteiger partial charge in [-0.3, -0.25) is 5.32 Å². The summed E-state index contributed by atoms with van der Waals surface area (Å²) in [5, 5.41) is 4.58. The van der Waals surface area contributed by atoms with E-state index >= 15 is 0 Å². The van der Waals surface area contributed by atoms with Crippen LogP contribution in [-0.2, 0) is 0 Å². The molecule has 67 valence electrons. The van der Waals surface area contributed by atoms with Crippen LogP contribution in [0, 0.1) is 5.41 Å². The van der Waals surface area contributed by atoms with Crippen LogP contribution in [0.1, 0.15) is 26.3 Å². The Balaban J connectivity index is 2.37. The first kappa shape index (κ1) is 8.36. The Bertz CT molecular complexity index is 356. The normalized spacial score (nSPS) is 14.8. The summed E-state index contributed by atoms with van der Waals surface area (Å²) in [7, 11) is 0. The van der Waals surface area contributed by atoms with Crippen molar-refractivity contribution in [2.45, 2.75) is 20.8 Å². The van der Waals surface area contributed by atoms with E-state index < -0.39 is 0 Å². The van der Waals surface area contributed by atoms with Crippen molar-refractivity contribution >= 4 is 11.8 Å². The van der Waals surface area contributed by atoms with Crippen LogP contribution in [-0.4, -0.2) is 0 Å². The second kappa shape index (κ2) is 2.63. The van der Waals surface area contributed by atoms with Crippen molar-refractivity contribution in [2.75, 3.05) is 0 Å². The lowest BCUT2D eigenvalue weighted by Gasteiger charge is -2.18. The lowest BCUT2D eigenvalue weighted by Crippen LogP contribution is -2.13. The highest BCUT2D eigenvalue weighted by Crippen LogP contribution is 2.35. The van der Waals surface area contributed by atoms with Gasteiger partial charge in [0.25, 0.3) is 0 Å². The van der Waals surface area contributed by atoms with E-state index in [1.54, 1.807) is 0 Å². The summed E-state index contributed by atoms with van der Waals surface area (Å²) in [6.07, 6.45) is 2.18. The Morgan fingerprint density at radius 1 is 1.08 bits per heavy atom. The van der Waals surface area contributed by atoms with Gasteiger partial charge in [-0.2, -0.15) is 0 Å². The minimum absolute atomic E-state index is 0.152. The van der Waals surface area contributed by atoms with Crippen molar-refractivity contribution in [3.8, 4) is 0 Å². The number of rotatable bonds is 0. The number of fused-ring (bicyclic) bond motifs is 1. The van der Waals surface area contributed by atoms with Crippen LogP contribution in [0.15, 0.2) is 30.0 Å². The predicted octanol–water partition coefficient (Wildman–Crippen LogP) is 3.32. The van der Waals surface area contributed by atoms with Gasteiger partial charge in [-0.25, -0.2) is 0 Å². The second-order valence-electron chi connectivity index (χ2n) is 4.45. The SMILES string of the molecule is CC(C)(C)C1=Cc2ccccc2[N]1. The number of para-hydroxylation sites is 1. The standard InChI is InChI=1S/C12H14N/c1-12(2,3)11-8-9-6-4-5-7-10(9)13-11/h4-8H,1-3H3. The molecule has 0 aliphatic carbocycles. The van der Waals surface area contributed by atoms with Gasteiger partial charge in [0.05, 0.1) is 5.69 Å². The van der Waals surface area contributed by atoms with Crippen LogP contribution >= 0.6 is 0 Å². The fraction of sp³-hybridized carbons (Fsp3) is 0.333. The molecule has 1 heteroatoms. The van der Waals surface area contributed by atoms with Gasteiger partial charge in [0, 0.05) is 16.7 Å². The third kappa shape index (κ3) is 1.46. The quantitative estimate of drug-likeness (QED) is 0.570. The third-order valence-electron chi connectivity index (χ3n) is 2.24. The summed E-state index contributed by atoms with van der Waals surface area (Å²) in [5.41, 5.74) is 3.67. The molecule has 0 N–H and O–H groups in total. The van der Waals surface area contributed by atoms with Crippen LogP contribution in [0.3, 0.4) is 0 Å². The molecular formula is C12H14N. The number of allylic oxidation sites excluding steroid dienone is 1. The largest absolute Gasteiger partial charge is 0.252 e. The first-order valence-corrected chi connectivity index (χ1v) is 4.60. The Hall–Kier alpha value is -1.24. The van der Waals surface area contributed by atoms with E-state index in [4.69, 9.17) is 0 Å². The maximum Gasteiger partial charge on any atom is 0.0706 e. The Morgan fingerprint density at radius 3 is 2.38 bits per heavy atom. The lowest BCUT2D eigenvalue weighted by molar-refractivity contribution is 0.485. The Kier molecular flexibility index (Phi) is 1.69. The molecule has 0 saturated carbocycles. The molecule has 1 aromatic carbocycles. The number of hydrogen-bond acceptors (Lipinski definition) is 0. The molecule has 1 aliphatic rings. The molecule has 0 amide bonds. The van der Waals surface area contributed by atoms with Gasteiger partial charge >= 0.3 is 0 Å². The van der Waals surface area contributed by atoms with Crippen molar-refractivity contribution in [2.24, 2.45) is 5.41 Å². The van der Waals surface area contributed by atoms with E-state index in [-0.39, 0.29) is 5.41 Å². The smallest absolute Gasteiger partial charge is 0.0706 e. The molecule has 0 unspecified atom stereocenters. The van der Waals surface area contributed by atoms with E-state index in [0.717, 1.165) is 5.69 Å². The molecular weight excluding hydrogens is 158 g/mol. The van der Waals surface area contributed by atoms with E-state index in [1.165, 1.54) is 11.3 Å². The topological polar surface area (TPSA) is 14.1 Å². The minimum atomic E-state index is 0.152. The zero-order chi connectivity index (χ0) is 9.47. The molecule has 0 spiro atoms. The summed E-state index contributed by atoms with van der Waals surface area (Å²) in [4.78, 5) is 0. The summed E-state index contributed by atoms with van der Waals surface area (Å²) < 4.78 is 0. The zero-order valence-corrected chi connectivity index (χ0v) is 8.33. The molecule has 1 nitrogen and oxygen atoms in total. The van der Waals surface area contributed by atoms with Gasteiger partial charge in [0.2, 0.25) is 0 Å². The van der Waals surface area contributed by atoms with Gasteiger partial charge in [0.15, 0.2) is 0 Å². The van der Waals surface area contributed by atoms with Crippen LogP contribution in [0.25, 0.3) is 6.08 Å². The molecule has 2 rings (SSSR count). The zero-order valence-electron chi connectivity index (χ0n) is 8.33. The van der Waals surface area contributed by atoms with Crippen molar-refractivity contribution in [1.29, 1.82) is 0 Å². The van der Waals surface area contributed by atoms with Gasteiger partial charge in [-0.05, 0) is 12.1 Å². The molecule has 0 bridgehead atoms.